The first-order valence-electron chi connectivity index (χ1n) is 6.73. The fourth-order valence-corrected chi connectivity index (χ4v) is 2.16. The smallest absolute Gasteiger partial charge is 0.309 e. The van der Waals surface area contributed by atoms with E-state index in [2.05, 4.69) is 11.4 Å². The van der Waals surface area contributed by atoms with Crippen LogP contribution in [0, 0.1) is 19.3 Å². The van der Waals surface area contributed by atoms with E-state index in [1.807, 2.05) is 32.9 Å². The normalized spacial score (nSPS) is 12.8. The molecule has 110 valence electrons. The Balaban J connectivity index is 2.73. The number of aryl methyl sites for hydroxylation is 2. The van der Waals surface area contributed by atoms with Crippen molar-refractivity contribution in [3.05, 3.63) is 34.9 Å². The monoisotopic (exact) mass is 277 g/mol. The van der Waals surface area contributed by atoms with Crippen molar-refractivity contribution in [1.29, 1.82) is 0 Å². The van der Waals surface area contributed by atoms with Crippen LogP contribution >= 0.6 is 0 Å². The van der Waals surface area contributed by atoms with E-state index in [1.165, 1.54) is 5.56 Å². The van der Waals surface area contributed by atoms with Gasteiger partial charge in [0.1, 0.15) is 0 Å². The number of hydrogen-bond acceptors (Lipinski definition) is 2. The number of amides is 1. The van der Waals surface area contributed by atoms with Crippen molar-refractivity contribution in [2.45, 2.75) is 47.1 Å². The summed E-state index contributed by atoms with van der Waals surface area (Å²) in [6.45, 7) is 9.04. The standard InChI is InChI=1S/C16H23NO3/c1-10-6-7-13(11(2)8-10)12(3)17-14(18)9-16(4,5)15(19)20/h6-8,12H,9H2,1-5H3,(H,17,18)(H,19,20). The highest BCUT2D eigenvalue weighted by Crippen LogP contribution is 2.22. The zero-order valence-electron chi connectivity index (χ0n) is 12.8. The topological polar surface area (TPSA) is 66.4 Å². The second kappa shape index (κ2) is 6.07. The summed E-state index contributed by atoms with van der Waals surface area (Å²) in [5, 5.41) is 11.9. The van der Waals surface area contributed by atoms with E-state index in [4.69, 9.17) is 5.11 Å². The Labute approximate surface area is 120 Å². The quantitative estimate of drug-likeness (QED) is 0.869. The molecule has 0 aliphatic rings. The molecule has 1 rings (SSSR count). The second-order valence-electron chi connectivity index (χ2n) is 6.02. The molecule has 0 spiro atoms. The summed E-state index contributed by atoms with van der Waals surface area (Å²) < 4.78 is 0. The van der Waals surface area contributed by atoms with Crippen molar-refractivity contribution in [3.8, 4) is 0 Å². The first-order valence-corrected chi connectivity index (χ1v) is 6.73. The van der Waals surface area contributed by atoms with E-state index in [-0.39, 0.29) is 18.4 Å². The summed E-state index contributed by atoms with van der Waals surface area (Å²) in [7, 11) is 0. The largest absolute Gasteiger partial charge is 0.481 e. The van der Waals surface area contributed by atoms with E-state index in [1.54, 1.807) is 13.8 Å². The van der Waals surface area contributed by atoms with E-state index in [0.717, 1.165) is 11.1 Å². The van der Waals surface area contributed by atoms with Gasteiger partial charge in [0.25, 0.3) is 0 Å². The molecule has 0 saturated heterocycles. The summed E-state index contributed by atoms with van der Waals surface area (Å²) in [5.41, 5.74) is 2.30. The minimum absolute atomic E-state index is 0.0302. The van der Waals surface area contributed by atoms with Gasteiger partial charge in [0.05, 0.1) is 11.5 Å². The van der Waals surface area contributed by atoms with Gasteiger partial charge >= 0.3 is 5.97 Å². The highest BCUT2D eigenvalue weighted by atomic mass is 16.4. The lowest BCUT2D eigenvalue weighted by Crippen LogP contribution is -2.34. The summed E-state index contributed by atoms with van der Waals surface area (Å²) in [6, 6.07) is 5.94. The Morgan fingerprint density at radius 1 is 1.30 bits per heavy atom. The molecular formula is C16H23NO3. The molecule has 0 saturated carbocycles. The van der Waals surface area contributed by atoms with Gasteiger partial charge in [-0.15, -0.1) is 0 Å². The van der Waals surface area contributed by atoms with Crippen LogP contribution in [0.15, 0.2) is 18.2 Å². The fraction of sp³-hybridized carbons (Fsp3) is 0.500. The highest BCUT2D eigenvalue weighted by Gasteiger charge is 2.30. The predicted molar refractivity (Wildman–Crippen MR) is 78.5 cm³/mol. The number of nitrogens with one attached hydrogen (secondary N) is 1. The number of benzene rings is 1. The molecule has 2 N–H and O–H groups in total. The molecule has 1 unspecified atom stereocenters. The fourth-order valence-electron chi connectivity index (χ4n) is 2.16. The SMILES string of the molecule is Cc1ccc(C(C)NC(=O)CC(C)(C)C(=O)O)c(C)c1. The van der Waals surface area contributed by atoms with Crippen LogP contribution in [-0.4, -0.2) is 17.0 Å². The van der Waals surface area contributed by atoms with Crippen molar-refractivity contribution < 1.29 is 14.7 Å². The van der Waals surface area contributed by atoms with Gasteiger partial charge in [0.15, 0.2) is 0 Å². The highest BCUT2D eigenvalue weighted by molar-refractivity contribution is 5.84. The van der Waals surface area contributed by atoms with Crippen LogP contribution in [0.2, 0.25) is 0 Å². The molecule has 0 heterocycles. The molecule has 20 heavy (non-hydrogen) atoms. The number of rotatable bonds is 5. The van der Waals surface area contributed by atoms with Crippen LogP contribution in [0.1, 0.15) is 49.9 Å². The summed E-state index contributed by atoms with van der Waals surface area (Å²) in [5.74, 6) is -1.21. The lowest BCUT2D eigenvalue weighted by Gasteiger charge is -2.21. The van der Waals surface area contributed by atoms with Gasteiger partial charge in [0, 0.05) is 6.42 Å². The zero-order chi connectivity index (χ0) is 15.5. The van der Waals surface area contributed by atoms with Crippen molar-refractivity contribution in [3.63, 3.8) is 0 Å². The molecule has 4 heteroatoms. The van der Waals surface area contributed by atoms with Gasteiger partial charge in [-0.05, 0) is 45.7 Å². The number of aliphatic carboxylic acids is 1. The molecule has 0 aliphatic carbocycles. The lowest BCUT2D eigenvalue weighted by atomic mass is 9.89. The Morgan fingerprint density at radius 2 is 1.90 bits per heavy atom. The molecule has 0 aliphatic heterocycles. The van der Waals surface area contributed by atoms with Gasteiger partial charge < -0.3 is 10.4 Å². The minimum Gasteiger partial charge on any atom is -0.481 e. The molecule has 1 aromatic carbocycles. The van der Waals surface area contributed by atoms with Gasteiger partial charge in [-0.3, -0.25) is 9.59 Å². The molecule has 1 atom stereocenters. The lowest BCUT2D eigenvalue weighted by molar-refractivity contribution is -0.149. The summed E-state index contributed by atoms with van der Waals surface area (Å²) in [6.07, 6.45) is -0.0302. The Kier molecular flexibility index (Phi) is 4.93. The van der Waals surface area contributed by atoms with Crippen LogP contribution < -0.4 is 5.32 Å². The average Bonchev–Trinajstić information content (AvgIpc) is 2.26. The molecule has 1 amide bonds. The molecule has 0 bridgehead atoms. The third kappa shape index (κ3) is 4.08. The van der Waals surface area contributed by atoms with E-state index >= 15 is 0 Å². The van der Waals surface area contributed by atoms with Crippen LogP contribution in [-0.2, 0) is 9.59 Å². The second-order valence-corrected chi connectivity index (χ2v) is 6.02. The number of hydrogen-bond donors (Lipinski definition) is 2. The van der Waals surface area contributed by atoms with Crippen LogP contribution in [0.5, 0.6) is 0 Å². The molecular weight excluding hydrogens is 254 g/mol. The van der Waals surface area contributed by atoms with Gasteiger partial charge in [-0.2, -0.15) is 0 Å². The summed E-state index contributed by atoms with van der Waals surface area (Å²) >= 11 is 0. The van der Waals surface area contributed by atoms with Crippen molar-refractivity contribution in [1.82, 2.24) is 5.32 Å². The molecule has 0 radical (unpaired) electrons. The maximum atomic E-state index is 12.0. The van der Waals surface area contributed by atoms with Gasteiger partial charge in [-0.1, -0.05) is 23.8 Å². The zero-order valence-corrected chi connectivity index (χ0v) is 12.8. The average molecular weight is 277 g/mol. The number of carboxylic acid groups (broad SMARTS) is 1. The number of carbonyl (C=O) groups is 2. The van der Waals surface area contributed by atoms with Gasteiger partial charge in [0.2, 0.25) is 5.91 Å². The first-order chi connectivity index (χ1) is 9.13. The van der Waals surface area contributed by atoms with Crippen molar-refractivity contribution in [2.75, 3.05) is 0 Å². The van der Waals surface area contributed by atoms with E-state index in [0.29, 0.717) is 0 Å². The van der Waals surface area contributed by atoms with Crippen molar-refractivity contribution in [2.24, 2.45) is 5.41 Å². The number of carbonyl (C=O) groups excluding carboxylic acids is 1. The molecule has 4 nitrogen and oxygen atoms in total. The summed E-state index contributed by atoms with van der Waals surface area (Å²) in [4.78, 5) is 23.0. The van der Waals surface area contributed by atoms with E-state index in [9.17, 15) is 9.59 Å². The van der Waals surface area contributed by atoms with Crippen LogP contribution in [0.3, 0.4) is 0 Å². The maximum absolute atomic E-state index is 12.0. The Morgan fingerprint density at radius 3 is 2.40 bits per heavy atom. The maximum Gasteiger partial charge on any atom is 0.309 e. The van der Waals surface area contributed by atoms with Crippen LogP contribution in [0.4, 0.5) is 0 Å². The molecule has 0 fully saturated rings. The minimum atomic E-state index is -1.05. The Hall–Kier alpha value is -1.84. The first kappa shape index (κ1) is 16.2. The third-order valence-electron chi connectivity index (χ3n) is 3.45. The molecule has 1 aromatic rings. The molecule has 0 aromatic heterocycles. The van der Waals surface area contributed by atoms with Crippen molar-refractivity contribution >= 4 is 11.9 Å². The van der Waals surface area contributed by atoms with Gasteiger partial charge in [-0.25, -0.2) is 0 Å². The third-order valence-corrected chi connectivity index (χ3v) is 3.45. The predicted octanol–water partition coefficient (Wildman–Crippen LogP) is 2.98. The van der Waals surface area contributed by atoms with E-state index < -0.39 is 11.4 Å². The Bertz CT molecular complexity index is 520. The number of carboxylic acids is 1. The van der Waals surface area contributed by atoms with Crippen LogP contribution in [0.25, 0.3) is 0 Å².